The van der Waals surface area contributed by atoms with E-state index in [4.69, 9.17) is 21.4 Å². The number of nitro groups is 1. The van der Waals surface area contributed by atoms with Gasteiger partial charge in [-0.3, -0.25) is 10.1 Å². The van der Waals surface area contributed by atoms with Gasteiger partial charge in [-0.1, -0.05) is 11.6 Å². The van der Waals surface area contributed by atoms with Crippen LogP contribution in [0.15, 0.2) is 76.7 Å². The second kappa shape index (κ2) is 10.8. The normalized spacial score (nSPS) is 11.3. The zero-order chi connectivity index (χ0) is 28.5. The van der Waals surface area contributed by atoms with Crippen LogP contribution in [0.2, 0.25) is 5.02 Å². The Kier molecular flexibility index (Phi) is 7.61. The van der Waals surface area contributed by atoms with E-state index in [9.17, 15) is 32.1 Å². The van der Waals surface area contributed by atoms with Gasteiger partial charge >= 0.3 is 6.16 Å². The second-order valence-corrected chi connectivity index (χ2v) is 10.6. The molecular formula is C26H17ClF2N2O7S. The molecule has 0 aliphatic heterocycles. The molecule has 39 heavy (non-hydrogen) atoms. The van der Waals surface area contributed by atoms with Crippen molar-refractivity contribution in [3.8, 4) is 16.9 Å². The number of benzene rings is 3. The van der Waals surface area contributed by atoms with Crippen LogP contribution in [0.3, 0.4) is 0 Å². The monoisotopic (exact) mass is 574 g/mol. The van der Waals surface area contributed by atoms with Gasteiger partial charge in [-0.05, 0) is 72.6 Å². The van der Waals surface area contributed by atoms with Crippen LogP contribution in [0.25, 0.3) is 11.1 Å². The molecule has 0 aliphatic rings. The fraction of sp³-hybridized carbons (Fsp3) is 0.0769. The fourth-order valence-corrected chi connectivity index (χ4v) is 5.30. The Bertz CT molecular complexity index is 1730. The molecule has 4 rings (SSSR count). The van der Waals surface area contributed by atoms with Crippen molar-refractivity contribution in [1.82, 2.24) is 4.98 Å². The van der Waals surface area contributed by atoms with Gasteiger partial charge in [0.1, 0.15) is 17.4 Å². The third-order valence-corrected chi connectivity index (χ3v) is 7.65. The quantitative estimate of drug-likeness (QED) is 0.116. The summed E-state index contributed by atoms with van der Waals surface area (Å²) in [5.74, 6) is -1.92. The molecule has 4 aromatic rings. The Labute approximate surface area is 225 Å². The van der Waals surface area contributed by atoms with Crippen LogP contribution in [-0.2, 0) is 16.3 Å². The molecule has 0 amide bonds. The van der Waals surface area contributed by atoms with Crippen molar-refractivity contribution in [3.63, 3.8) is 0 Å². The average molecular weight is 575 g/mol. The highest BCUT2D eigenvalue weighted by Crippen LogP contribution is 2.36. The number of pyridine rings is 1. The molecule has 0 unspecified atom stereocenters. The number of halogens is 3. The number of carboxylic acid groups (broad SMARTS) is 1. The number of aryl methyl sites for hydroxylation is 1. The minimum Gasteiger partial charge on any atom is -0.449 e. The molecule has 0 atom stereocenters. The molecule has 13 heteroatoms. The van der Waals surface area contributed by atoms with E-state index in [1.165, 1.54) is 31.2 Å². The fourth-order valence-electron chi connectivity index (χ4n) is 3.91. The predicted octanol–water partition coefficient (Wildman–Crippen LogP) is 6.38. The van der Waals surface area contributed by atoms with Crippen molar-refractivity contribution in [2.45, 2.75) is 23.3 Å². The van der Waals surface area contributed by atoms with E-state index >= 15 is 0 Å². The lowest BCUT2D eigenvalue weighted by Gasteiger charge is -2.17. The van der Waals surface area contributed by atoms with Gasteiger partial charge in [0.15, 0.2) is 5.03 Å². The molecule has 0 radical (unpaired) electrons. The zero-order valence-electron chi connectivity index (χ0n) is 19.9. The topological polar surface area (TPSA) is 137 Å². The first kappa shape index (κ1) is 27.6. The standard InChI is InChI=1S/C26H17ClF2N2O7S/c1-14-20(11-15-10-18(31(34)35)5-9-24(15)38-26(32)33)21(22-12-17(28)4-8-23(22)29)13-25(30-14)39(36,37)19-6-2-16(27)3-7-19/h2-10,12-13H,11H2,1H3,(H,32,33). The molecule has 0 saturated heterocycles. The van der Waals surface area contributed by atoms with Gasteiger partial charge in [0, 0.05) is 40.4 Å². The number of nitro benzene ring substituents is 1. The smallest absolute Gasteiger partial charge is 0.449 e. The van der Waals surface area contributed by atoms with Crippen molar-refractivity contribution >= 4 is 33.3 Å². The molecule has 1 N–H and O–H groups in total. The molecule has 200 valence electrons. The summed E-state index contributed by atoms with van der Waals surface area (Å²) in [6.07, 6.45) is -1.98. The Morgan fingerprint density at radius 3 is 2.38 bits per heavy atom. The number of nitrogens with zero attached hydrogens (tertiary/aromatic N) is 2. The maximum atomic E-state index is 15.0. The van der Waals surface area contributed by atoms with Gasteiger partial charge in [-0.25, -0.2) is 27.0 Å². The van der Waals surface area contributed by atoms with Crippen LogP contribution in [0.5, 0.6) is 5.75 Å². The number of carbonyl (C=O) groups is 1. The number of hydrogen-bond acceptors (Lipinski definition) is 7. The van der Waals surface area contributed by atoms with Crippen LogP contribution in [0, 0.1) is 28.7 Å². The van der Waals surface area contributed by atoms with Gasteiger partial charge in [0.25, 0.3) is 5.69 Å². The van der Waals surface area contributed by atoms with E-state index in [1.807, 2.05) is 0 Å². The number of rotatable bonds is 7. The van der Waals surface area contributed by atoms with Gasteiger partial charge in [0.2, 0.25) is 9.84 Å². The lowest BCUT2D eigenvalue weighted by molar-refractivity contribution is -0.384. The maximum absolute atomic E-state index is 15.0. The molecule has 0 spiro atoms. The third-order valence-electron chi connectivity index (χ3n) is 5.74. The molecule has 9 nitrogen and oxygen atoms in total. The predicted molar refractivity (Wildman–Crippen MR) is 136 cm³/mol. The number of aromatic nitrogens is 1. The number of hydrogen-bond donors (Lipinski definition) is 1. The summed E-state index contributed by atoms with van der Waals surface area (Å²) in [7, 11) is -4.24. The number of sulfone groups is 1. The minimum absolute atomic E-state index is 0.0165. The second-order valence-electron chi connectivity index (χ2n) is 8.25. The number of non-ortho nitro benzene ring substituents is 1. The summed E-state index contributed by atoms with van der Waals surface area (Å²) in [5.41, 5.74) is -0.507. The molecule has 0 saturated carbocycles. The zero-order valence-corrected chi connectivity index (χ0v) is 21.5. The van der Waals surface area contributed by atoms with E-state index < -0.39 is 37.6 Å². The van der Waals surface area contributed by atoms with E-state index in [0.717, 1.165) is 42.5 Å². The SMILES string of the molecule is Cc1nc(S(=O)(=O)c2ccc(Cl)cc2)cc(-c2cc(F)ccc2F)c1Cc1cc([N+](=O)[O-])ccc1OC(=O)O. The van der Waals surface area contributed by atoms with Gasteiger partial charge in [0.05, 0.1) is 9.82 Å². The summed E-state index contributed by atoms with van der Waals surface area (Å²) >= 11 is 5.87. The average Bonchev–Trinajstić information content (AvgIpc) is 2.87. The lowest BCUT2D eigenvalue weighted by Crippen LogP contribution is -2.10. The molecular weight excluding hydrogens is 558 g/mol. The lowest BCUT2D eigenvalue weighted by atomic mass is 9.93. The van der Waals surface area contributed by atoms with Crippen molar-refractivity contribution < 1.29 is 36.8 Å². The van der Waals surface area contributed by atoms with Gasteiger partial charge in [-0.15, -0.1) is 0 Å². The first-order valence-electron chi connectivity index (χ1n) is 11.0. The Morgan fingerprint density at radius 1 is 1.05 bits per heavy atom. The molecule has 1 aromatic heterocycles. The van der Waals surface area contributed by atoms with E-state index in [1.54, 1.807) is 0 Å². The molecule has 0 aliphatic carbocycles. The summed E-state index contributed by atoms with van der Waals surface area (Å²) in [5, 5.41) is 20.3. The molecule has 1 heterocycles. The van der Waals surface area contributed by atoms with Crippen molar-refractivity contribution in [1.29, 1.82) is 0 Å². The van der Waals surface area contributed by atoms with Crippen molar-refractivity contribution in [2.75, 3.05) is 0 Å². The highest BCUT2D eigenvalue weighted by Gasteiger charge is 2.25. The largest absolute Gasteiger partial charge is 0.511 e. The first-order valence-corrected chi connectivity index (χ1v) is 12.9. The minimum atomic E-state index is -4.24. The highest BCUT2D eigenvalue weighted by atomic mass is 35.5. The summed E-state index contributed by atoms with van der Waals surface area (Å²) in [6, 6.07) is 12.2. The maximum Gasteiger partial charge on any atom is 0.511 e. The molecule has 0 bridgehead atoms. The summed E-state index contributed by atoms with van der Waals surface area (Å²) in [6.45, 7) is 1.42. The van der Waals surface area contributed by atoms with Crippen molar-refractivity contribution in [2.24, 2.45) is 0 Å². The van der Waals surface area contributed by atoms with Crippen LogP contribution in [-0.4, -0.2) is 29.6 Å². The molecule has 3 aromatic carbocycles. The summed E-state index contributed by atoms with van der Waals surface area (Å²) < 4.78 is 60.7. The molecule has 0 fully saturated rings. The Balaban J connectivity index is 1.97. The Morgan fingerprint density at radius 2 is 1.74 bits per heavy atom. The van der Waals surface area contributed by atoms with Crippen LogP contribution < -0.4 is 4.74 Å². The third kappa shape index (κ3) is 5.86. The van der Waals surface area contributed by atoms with E-state index in [-0.39, 0.29) is 50.7 Å². The van der Waals surface area contributed by atoms with Crippen LogP contribution in [0.4, 0.5) is 19.3 Å². The van der Waals surface area contributed by atoms with E-state index in [2.05, 4.69) is 4.98 Å². The van der Waals surface area contributed by atoms with E-state index in [0.29, 0.717) is 5.02 Å². The van der Waals surface area contributed by atoms with Gasteiger partial charge in [-0.2, -0.15) is 0 Å². The Hall–Kier alpha value is -4.42. The van der Waals surface area contributed by atoms with Gasteiger partial charge < -0.3 is 9.84 Å². The first-order chi connectivity index (χ1) is 18.4. The van der Waals surface area contributed by atoms with Crippen LogP contribution in [0.1, 0.15) is 16.8 Å². The highest BCUT2D eigenvalue weighted by molar-refractivity contribution is 7.91. The van der Waals surface area contributed by atoms with Crippen molar-refractivity contribution in [3.05, 3.63) is 110 Å². The van der Waals surface area contributed by atoms with Crippen LogP contribution >= 0.6 is 11.6 Å². The summed E-state index contributed by atoms with van der Waals surface area (Å²) in [4.78, 5) is 25.9. The number of ether oxygens (including phenoxy) is 1.